The third-order valence-electron chi connectivity index (χ3n) is 6.85. The molecule has 0 bridgehead atoms. The van der Waals surface area contributed by atoms with Crippen LogP contribution in [0.2, 0.25) is 5.02 Å². The van der Waals surface area contributed by atoms with Gasteiger partial charge in [-0.15, -0.1) is 0 Å². The number of carbonyl (C=O) groups excluding carboxylic acids is 1. The Morgan fingerprint density at radius 1 is 1.08 bits per heavy atom. The van der Waals surface area contributed by atoms with E-state index in [1.54, 1.807) is 13.3 Å². The topological polar surface area (TPSA) is 71.4 Å². The molecule has 1 amide bonds. The second-order valence-corrected chi connectivity index (χ2v) is 10.5. The van der Waals surface area contributed by atoms with Crippen molar-refractivity contribution >= 4 is 46.2 Å². The minimum atomic E-state index is -0.240. The Kier molecular flexibility index (Phi) is 7.59. The number of nitrogens with one attached hydrogen (secondary N) is 2. The second-order valence-electron chi connectivity index (χ2n) is 9.74. The Morgan fingerprint density at radius 3 is 2.46 bits per heavy atom. The van der Waals surface area contributed by atoms with E-state index in [0.29, 0.717) is 15.8 Å². The van der Waals surface area contributed by atoms with Crippen LogP contribution in [0.15, 0.2) is 79.0 Å². The number of methoxy groups -OCH3 is 1. The first-order chi connectivity index (χ1) is 18.8. The number of hydrogen-bond acceptors (Lipinski definition) is 4. The summed E-state index contributed by atoms with van der Waals surface area (Å²) >= 11 is 12.6. The highest BCUT2D eigenvalue weighted by molar-refractivity contribution is 7.80. The number of aryl methyl sites for hydroxylation is 1. The summed E-state index contributed by atoms with van der Waals surface area (Å²) in [4.78, 5) is 19.0. The van der Waals surface area contributed by atoms with Crippen LogP contribution >= 0.6 is 23.8 Å². The van der Waals surface area contributed by atoms with E-state index in [0.717, 1.165) is 34.2 Å². The number of ether oxygens (including phenoxy) is 1. The molecule has 2 aromatic carbocycles. The van der Waals surface area contributed by atoms with Gasteiger partial charge in [-0.25, -0.2) is 0 Å². The smallest absolute Gasteiger partial charge is 0.226 e. The first kappa shape index (κ1) is 26.7. The zero-order chi connectivity index (χ0) is 27.7. The molecule has 5 rings (SSSR count). The Bertz CT molecular complexity index is 1500. The average molecular weight is 560 g/mol. The minimum absolute atomic E-state index is 0.0936. The molecule has 3 heterocycles. The van der Waals surface area contributed by atoms with Crippen molar-refractivity contribution < 1.29 is 9.53 Å². The monoisotopic (exact) mass is 559 g/mol. The Hall–Kier alpha value is -3.88. The number of aromatic nitrogens is 2. The predicted octanol–water partition coefficient (Wildman–Crippen LogP) is 6.61. The number of anilines is 2. The van der Waals surface area contributed by atoms with Gasteiger partial charge in [0.15, 0.2) is 5.11 Å². The molecule has 1 aliphatic rings. The van der Waals surface area contributed by atoms with Crippen LogP contribution < -0.4 is 20.3 Å². The summed E-state index contributed by atoms with van der Waals surface area (Å²) in [6.45, 7) is 5.76. The molecule has 1 fully saturated rings. The third kappa shape index (κ3) is 5.22. The fourth-order valence-corrected chi connectivity index (χ4v) is 5.41. The third-order valence-corrected chi connectivity index (χ3v) is 7.48. The maximum atomic E-state index is 12.3. The van der Waals surface area contributed by atoms with Crippen molar-refractivity contribution in [3.63, 3.8) is 0 Å². The van der Waals surface area contributed by atoms with Gasteiger partial charge >= 0.3 is 0 Å². The standard InChI is InChI=1S/C30H30ClN5O2S/c1-18(2)29(37)33-24-14-11-21(17-23(24)31)36-28(27(34-30(36)39)25-7-5-6-16-32-25)26-15-8-19(3)35(26)20-9-12-22(38-4)13-10-20/h5-18,27-28H,1-4H3,(H,33,37)(H,34,39)/t27-,28-/m0/s1. The zero-order valence-corrected chi connectivity index (χ0v) is 23.8. The molecular formula is C30H30ClN5O2S. The van der Waals surface area contributed by atoms with Gasteiger partial charge in [0.05, 0.1) is 29.6 Å². The van der Waals surface area contributed by atoms with Gasteiger partial charge in [-0.2, -0.15) is 0 Å². The zero-order valence-electron chi connectivity index (χ0n) is 22.2. The number of amides is 1. The number of pyridine rings is 1. The lowest BCUT2D eigenvalue weighted by molar-refractivity contribution is -0.118. The van der Waals surface area contributed by atoms with E-state index in [-0.39, 0.29) is 23.9 Å². The molecule has 2 N–H and O–H groups in total. The maximum Gasteiger partial charge on any atom is 0.226 e. The van der Waals surface area contributed by atoms with Crippen LogP contribution in [0, 0.1) is 12.8 Å². The molecular weight excluding hydrogens is 530 g/mol. The van der Waals surface area contributed by atoms with E-state index in [1.807, 2.05) is 74.5 Å². The first-order valence-electron chi connectivity index (χ1n) is 12.7. The van der Waals surface area contributed by atoms with Gasteiger partial charge in [0, 0.05) is 34.9 Å². The molecule has 0 radical (unpaired) electrons. The summed E-state index contributed by atoms with van der Waals surface area (Å²) in [5.41, 5.74) is 5.37. The molecule has 2 atom stereocenters. The Labute approximate surface area is 238 Å². The number of rotatable bonds is 7. The van der Waals surface area contributed by atoms with Crippen molar-refractivity contribution in [2.24, 2.45) is 5.92 Å². The molecule has 0 unspecified atom stereocenters. The highest BCUT2D eigenvalue weighted by atomic mass is 35.5. The summed E-state index contributed by atoms with van der Waals surface area (Å²) < 4.78 is 7.60. The van der Waals surface area contributed by atoms with E-state index in [1.165, 1.54) is 0 Å². The van der Waals surface area contributed by atoms with E-state index in [9.17, 15) is 4.79 Å². The van der Waals surface area contributed by atoms with Crippen molar-refractivity contribution in [1.82, 2.24) is 14.9 Å². The lowest BCUT2D eigenvalue weighted by Gasteiger charge is -2.29. The first-order valence-corrected chi connectivity index (χ1v) is 13.5. The lowest BCUT2D eigenvalue weighted by Crippen LogP contribution is -2.30. The molecule has 39 heavy (non-hydrogen) atoms. The van der Waals surface area contributed by atoms with Crippen LogP contribution in [0.3, 0.4) is 0 Å². The van der Waals surface area contributed by atoms with Crippen LogP contribution in [0.5, 0.6) is 5.75 Å². The second kappa shape index (κ2) is 11.1. The molecule has 9 heteroatoms. The average Bonchev–Trinajstić information content (AvgIpc) is 3.49. The number of thiocarbonyl (C=S) groups is 1. The molecule has 4 aromatic rings. The quantitative estimate of drug-likeness (QED) is 0.248. The van der Waals surface area contributed by atoms with Crippen molar-refractivity contribution in [2.75, 3.05) is 17.3 Å². The van der Waals surface area contributed by atoms with E-state index in [2.05, 4.69) is 44.1 Å². The van der Waals surface area contributed by atoms with Gasteiger partial charge in [0.25, 0.3) is 0 Å². The van der Waals surface area contributed by atoms with Crippen molar-refractivity contribution in [3.8, 4) is 11.4 Å². The molecule has 1 aliphatic heterocycles. The molecule has 0 spiro atoms. The summed E-state index contributed by atoms with van der Waals surface area (Å²) in [6.07, 6.45) is 1.79. The highest BCUT2D eigenvalue weighted by Crippen LogP contribution is 2.44. The van der Waals surface area contributed by atoms with Crippen LogP contribution in [0.4, 0.5) is 11.4 Å². The molecule has 2 aromatic heterocycles. The van der Waals surface area contributed by atoms with E-state index >= 15 is 0 Å². The number of benzene rings is 2. The summed E-state index contributed by atoms with van der Waals surface area (Å²) in [5, 5.41) is 7.40. The van der Waals surface area contributed by atoms with Gasteiger partial charge < -0.3 is 24.8 Å². The summed E-state index contributed by atoms with van der Waals surface area (Å²) in [5.74, 6) is 0.540. The van der Waals surface area contributed by atoms with Crippen LogP contribution in [-0.4, -0.2) is 27.7 Å². The summed E-state index contributed by atoms with van der Waals surface area (Å²) in [7, 11) is 1.66. The van der Waals surface area contributed by atoms with Gasteiger partial charge in [0.1, 0.15) is 11.8 Å². The van der Waals surface area contributed by atoms with E-state index < -0.39 is 0 Å². The van der Waals surface area contributed by atoms with Crippen molar-refractivity contribution in [3.05, 3.63) is 101 Å². The maximum absolute atomic E-state index is 12.3. The highest BCUT2D eigenvalue weighted by Gasteiger charge is 2.42. The van der Waals surface area contributed by atoms with Gasteiger partial charge in [0.2, 0.25) is 5.91 Å². The minimum Gasteiger partial charge on any atom is -0.497 e. The SMILES string of the molecule is COc1ccc(-n2c(C)ccc2[C@H]2[C@H](c3ccccn3)NC(=S)N2c2ccc(NC(=O)C(C)C)c(Cl)c2)cc1. The molecule has 1 saturated heterocycles. The largest absolute Gasteiger partial charge is 0.497 e. The van der Waals surface area contributed by atoms with Crippen molar-refractivity contribution in [1.29, 1.82) is 0 Å². The molecule has 0 saturated carbocycles. The fraction of sp³-hybridized carbons (Fsp3) is 0.233. The summed E-state index contributed by atoms with van der Waals surface area (Å²) in [6, 6.07) is 23.2. The number of nitrogens with zero attached hydrogens (tertiary/aromatic N) is 3. The van der Waals surface area contributed by atoms with Gasteiger partial charge in [-0.1, -0.05) is 31.5 Å². The van der Waals surface area contributed by atoms with Crippen LogP contribution in [-0.2, 0) is 4.79 Å². The normalized spacial score (nSPS) is 16.9. The Morgan fingerprint density at radius 2 is 1.82 bits per heavy atom. The van der Waals surface area contributed by atoms with Gasteiger partial charge in [-0.3, -0.25) is 9.78 Å². The molecule has 7 nitrogen and oxygen atoms in total. The molecule has 200 valence electrons. The van der Waals surface area contributed by atoms with Crippen LogP contribution in [0.25, 0.3) is 5.69 Å². The predicted molar refractivity (Wildman–Crippen MR) is 160 cm³/mol. The number of hydrogen-bond donors (Lipinski definition) is 2. The van der Waals surface area contributed by atoms with E-state index in [4.69, 9.17) is 28.6 Å². The number of carbonyl (C=O) groups is 1. The van der Waals surface area contributed by atoms with Crippen molar-refractivity contribution in [2.45, 2.75) is 32.9 Å². The van der Waals surface area contributed by atoms with Gasteiger partial charge in [-0.05, 0) is 85.9 Å². The lowest BCUT2D eigenvalue weighted by atomic mass is 10.0. The Balaban J connectivity index is 1.62. The fourth-order valence-electron chi connectivity index (χ4n) is 4.84. The number of halogens is 1. The molecule has 0 aliphatic carbocycles. The van der Waals surface area contributed by atoms with Crippen LogP contribution in [0.1, 0.15) is 43.0 Å².